The van der Waals surface area contributed by atoms with Crippen LogP contribution in [0, 0.1) is 0 Å². The fraction of sp³-hybridized carbons (Fsp3) is 0.263. The molecule has 0 aliphatic rings. The van der Waals surface area contributed by atoms with Gasteiger partial charge in [0.15, 0.2) is 5.78 Å². The van der Waals surface area contributed by atoms with Gasteiger partial charge in [0.25, 0.3) is 5.91 Å². The first-order valence-electron chi connectivity index (χ1n) is 7.61. The molecule has 3 nitrogen and oxygen atoms in total. The van der Waals surface area contributed by atoms with Gasteiger partial charge in [-0.2, -0.15) is 13.2 Å². The molecule has 0 heterocycles. The fourth-order valence-corrected chi connectivity index (χ4v) is 2.45. The van der Waals surface area contributed by atoms with E-state index in [9.17, 15) is 22.8 Å². The summed E-state index contributed by atoms with van der Waals surface area (Å²) in [5.41, 5.74) is -2.42. The van der Waals surface area contributed by atoms with Crippen LogP contribution in [0.2, 0.25) is 0 Å². The van der Waals surface area contributed by atoms with E-state index in [1.54, 1.807) is 30.3 Å². The number of likely N-dealkylation sites (N-methyl/N-ethyl adjacent to an activating group) is 1. The number of carbonyl (C=O) groups is 2. The number of Topliss-reactive ketones (excluding diaryl/α,β-unsaturated/α-hetero) is 1. The first-order valence-corrected chi connectivity index (χ1v) is 7.61. The largest absolute Gasteiger partial charge is 0.417 e. The van der Waals surface area contributed by atoms with Crippen LogP contribution in [0.1, 0.15) is 40.1 Å². The Morgan fingerprint density at radius 1 is 0.880 bits per heavy atom. The number of nitrogens with zero attached hydrogens (tertiary/aromatic N) is 1. The van der Waals surface area contributed by atoms with Crippen molar-refractivity contribution in [2.75, 3.05) is 7.05 Å². The van der Waals surface area contributed by atoms with Gasteiger partial charge < -0.3 is 4.90 Å². The number of amides is 1. The van der Waals surface area contributed by atoms with Crippen LogP contribution in [0.25, 0.3) is 0 Å². The minimum atomic E-state index is -4.65. The van der Waals surface area contributed by atoms with E-state index in [-0.39, 0.29) is 5.78 Å². The molecule has 0 N–H and O–H groups in total. The molecule has 0 atom stereocenters. The van der Waals surface area contributed by atoms with Gasteiger partial charge in [-0.25, -0.2) is 0 Å². The van der Waals surface area contributed by atoms with Crippen molar-refractivity contribution in [3.8, 4) is 0 Å². The molecule has 0 radical (unpaired) electrons. The van der Waals surface area contributed by atoms with Gasteiger partial charge in [0.1, 0.15) is 5.54 Å². The predicted molar refractivity (Wildman–Crippen MR) is 88.4 cm³/mol. The third-order valence-corrected chi connectivity index (χ3v) is 4.20. The molecule has 6 heteroatoms. The number of halogens is 3. The van der Waals surface area contributed by atoms with Crippen LogP contribution in [0.5, 0.6) is 0 Å². The zero-order valence-corrected chi connectivity index (χ0v) is 14.1. The van der Waals surface area contributed by atoms with Crippen LogP contribution in [0.4, 0.5) is 13.2 Å². The molecule has 132 valence electrons. The Bertz CT molecular complexity index is 783. The number of rotatable bonds is 4. The van der Waals surface area contributed by atoms with Crippen molar-refractivity contribution < 1.29 is 22.8 Å². The van der Waals surface area contributed by atoms with Crippen LogP contribution >= 0.6 is 0 Å². The smallest absolute Gasteiger partial charge is 0.329 e. The number of carbonyl (C=O) groups excluding carboxylic acids is 2. The highest BCUT2D eigenvalue weighted by Gasteiger charge is 2.40. The summed E-state index contributed by atoms with van der Waals surface area (Å²) in [5.74, 6) is -1.21. The topological polar surface area (TPSA) is 37.4 Å². The lowest BCUT2D eigenvalue weighted by molar-refractivity contribution is -0.138. The fourth-order valence-electron chi connectivity index (χ4n) is 2.45. The van der Waals surface area contributed by atoms with Crippen LogP contribution in [-0.2, 0) is 6.18 Å². The summed E-state index contributed by atoms with van der Waals surface area (Å²) in [7, 11) is 1.33. The third kappa shape index (κ3) is 3.73. The Morgan fingerprint density at radius 2 is 1.40 bits per heavy atom. The van der Waals surface area contributed by atoms with Gasteiger partial charge in [-0.05, 0) is 26.0 Å². The van der Waals surface area contributed by atoms with E-state index in [0.29, 0.717) is 5.56 Å². The van der Waals surface area contributed by atoms with Crippen LogP contribution in [-0.4, -0.2) is 29.2 Å². The maximum Gasteiger partial charge on any atom is 0.417 e. The second-order valence-corrected chi connectivity index (χ2v) is 6.16. The van der Waals surface area contributed by atoms with Crippen LogP contribution in [0.3, 0.4) is 0 Å². The molecule has 2 aromatic carbocycles. The first-order chi connectivity index (χ1) is 11.6. The standard InChI is InChI=1S/C19H18F3NO2/c1-18(2,16(24)13-9-5-4-6-10-13)23(3)17(25)14-11-7-8-12-15(14)19(20,21)22/h4-12H,1-3H3. The van der Waals surface area contributed by atoms with E-state index in [0.717, 1.165) is 17.0 Å². The van der Waals surface area contributed by atoms with E-state index >= 15 is 0 Å². The highest BCUT2D eigenvalue weighted by molar-refractivity contribution is 6.06. The minimum absolute atomic E-state index is 0.353. The average Bonchev–Trinajstić information content (AvgIpc) is 2.59. The molecule has 2 rings (SSSR count). The monoisotopic (exact) mass is 349 g/mol. The van der Waals surface area contributed by atoms with Gasteiger partial charge in [-0.3, -0.25) is 9.59 Å². The second-order valence-electron chi connectivity index (χ2n) is 6.16. The van der Waals surface area contributed by atoms with E-state index < -0.39 is 28.7 Å². The van der Waals surface area contributed by atoms with Crippen molar-refractivity contribution in [1.29, 1.82) is 0 Å². The molecule has 0 bridgehead atoms. The maximum absolute atomic E-state index is 13.2. The van der Waals surface area contributed by atoms with Gasteiger partial charge >= 0.3 is 6.18 Å². The molecular formula is C19H18F3NO2. The van der Waals surface area contributed by atoms with Gasteiger partial charge in [0, 0.05) is 12.6 Å². The molecule has 1 amide bonds. The lowest BCUT2D eigenvalue weighted by Crippen LogP contribution is -2.51. The van der Waals surface area contributed by atoms with Crippen molar-refractivity contribution in [1.82, 2.24) is 4.90 Å². The minimum Gasteiger partial charge on any atom is -0.329 e. The van der Waals surface area contributed by atoms with Crippen molar-refractivity contribution in [2.45, 2.75) is 25.6 Å². The van der Waals surface area contributed by atoms with Gasteiger partial charge in [0.05, 0.1) is 11.1 Å². The summed E-state index contributed by atoms with van der Waals surface area (Å²) in [5, 5.41) is 0. The Morgan fingerprint density at radius 3 is 1.96 bits per heavy atom. The highest BCUT2D eigenvalue weighted by Crippen LogP contribution is 2.33. The number of ketones is 1. The Labute approximate surface area is 144 Å². The molecule has 0 saturated heterocycles. The number of hydrogen-bond donors (Lipinski definition) is 0. The number of alkyl halides is 3. The van der Waals surface area contributed by atoms with E-state index in [1.165, 1.54) is 33.0 Å². The Hall–Kier alpha value is -2.63. The van der Waals surface area contributed by atoms with E-state index in [2.05, 4.69) is 0 Å². The maximum atomic E-state index is 13.2. The molecule has 0 unspecified atom stereocenters. The normalized spacial score (nSPS) is 11.9. The predicted octanol–water partition coefficient (Wildman–Crippen LogP) is 4.44. The highest BCUT2D eigenvalue weighted by atomic mass is 19.4. The number of hydrogen-bond acceptors (Lipinski definition) is 2. The lowest BCUT2D eigenvalue weighted by Gasteiger charge is -2.35. The molecule has 0 aliphatic carbocycles. The summed E-state index contributed by atoms with van der Waals surface area (Å²) < 4.78 is 39.5. The summed E-state index contributed by atoms with van der Waals surface area (Å²) in [6.07, 6.45) is -4.65. The SMILES string of the molecule is CN(C(=O)c1ccccc1C(F)(F)F)C(C)(C)C(=O)c1ccccc1. The van der Waals surface area contributed by atoms with Crippen LogP contribution in [0.15, 0.2) is 54.6 Å². The molecule has 0 fully saturated rings. The quantitative estimate of drug-likeness (QED) is 0.766. The lowest BCUT2D eigenvalue weighted by atomic mass is 9.90. The van der Waals surface area contributed by atoms with E-state index in [1.807, 2.05) is 0 Å². The molecule has 0 aromatic heterocycles. The number of benzene rings is 2. The van der Waals surface area contributed by atoms with Crippen molar-refractivity contribution in [3.63, 3.8) is 0 Å². The van der Waals surface area contributed by atoms with Crippen molar-refractivity contribution >= 4 is 11.7 Å². The molecule has 2 aromatic rings. The second kappa shape index (κ2) is 6.70. The summed E-state index contributed by atoms with van der Waals surface area (Å²) in [6.45, 7) is 3.02. The Balaban J connectivity index is 2.39. The van der Waals surface area contributed by atoms with Crippen molar-refractivity contribution in [3.05, 3.63) is 71.3 Å². The Kier molecular flexibility index (Phi) is 5.02. The van der Waals surface area contributed by atoms with Gasteiger partial charge in [0.2, 0.25) is 0 Å². The first kappa shape index (κ1) is 18.7. The molecular weight excluding hydrogens is 331 g/mol. The van der Waals surface area contributed by atoms with E-state index in [4.69, 9.17) is 0 Å². The summed E-state index contributed by atoms with van der Waals surface area (Å²) >= 11 is 0. The molecule has 25 heavy (non-hydrogen) atoms. The zero-order valence-electron chi connectivity index (χ0n) is 14.1. The molecule has 0 spiro atoms. The molecule has 0 aliphatic heterocycles. The van der Waals surface area contributed by atoms with Crippen molar-refractivity contribution in [2.24, 2.45) is 0 Å². The summed E-state index contributed by atoms with van der Waals surface area (Å²) in [6, 6.07) is 12.9. The van der Waals surface area contributed by atoms with Gasteiger partial charge in [-0.1, -0.05) is 42.5 Å². The third-order valence-electron chi connectivity index (χ3n) is 4.20. The van der Waals surface area contributed by atoms with Crippen LogP contribution < -0.4 is 0 Å². The zero-order chi connectivity index (χ0) is 18.8. The van der Waals surface area contributed by atoms with Gasteiger partial charge in [-0.15, -0.1) is 0 Å². The average molecular weight is 349 g/mol. The molecule has 0 saturated carbocycles. The summed E-state index contributed by atoms with van der Waals surface area (Å²) in [4.78, 5) is 26.4.